The monoisotopic (exact) mass is 234 g/mol. The number of ether oxygens (including phenoxy) is 1. The molecule has 2 rings (SSSR count). The van der Waals surface area contributed by atoms with E-state index < -0.39 is 0 Å². The highest BCUT2D eigenvalue weighted by atomic mass is 16.5. The molecule has 0 aromatic heterocycles. The second-order valence-electron chi connectivity index (χ2n) is 4.85. The van der Waals surface area contributed by atoms with Crippen LogP contribution in [-0.4, -0.2) is 19.3 Å². The molecule has 1 aliphatic rings. The van der Waals surface area contributed by atoms with Crippen LogP contribution in [0.2, 0.25) is 0 Å². The number of benzene rings is 1. The topological polar surface area (TPSA) is 47.3 Å². The standard InChI is InChI=1S/C14H22N2O/c15-16-14(10-13-8-9-17-11-13)7-6-12-4-2-1-3-5-12/h1-5,13-14,16H,6-11,15H2. The quantitative estimate of drug-likeness (QED) is 0.583. The van der Waals surface area contributed by atoms with E-state index in [-0.39, 0.29) is 0 Å². The maximum Gasteiger partial charge on any atom is 0.0495 e. The molecule has 1 fully saturated rings. The molecule has 0 saturated carbocycles. The van der Waals surface area contributed by atoms with Crippen LogP contribution in [0.4, 0.5) is 0 Å². The lowest BCUT2D eigenvalue weighted by Crippen LogP contribution is -2.37. The first-order chi connectivity index (χ1) is 8.38. The molecule has 1 heterocycles. The van der Waals surface area contributed by atoms with E-state index in [9.17, 15) is 0 Å². The summed E-state index contributed by atoms with van der Waals surface area (Å²) >= 11 is 0. The summed E-state index contributed by atoms with van der Waals surface area (Å²) in [5, 5.41) is 0. The number of nitrogens with one attached hydrogen (secondary N) is 1. The van der Waals surface area contributed by atoms with Crippen LogP contribution in [0.15, 0.2) is 30.3 Å². The van der Waals surface area contributed by atoms with Crippen molar-refractivity contribution in [3.05, 3.63) is 35.9 Å². The predicted molar refractivity (Wildman–Crippen MR) is 69.4 cm³/mol. The van der Waals surface area contributed by atoms with Gasteiger partial charge in [-0.3, -0.25) is 11.3 Å². The SMILES string of the molecule is NNC(CCc1ccccc1)CC1CCOC1. The Bertz CT molecular complexity index is 309. The summed E-state index contributed by atoms with van der Waals surface area (Å²) in [6.07, 6.45) is 4.49. The lowest BCUT2D eigenvalue weighted by atomic mass is 9.95. The summed E-state index contributed by atoms with van der Waals surface area (Å²) < 4.78 is 5.40. The molecule has 0 radical (unpaired) electrons. The van der Waals surface area contributed by atoms with Gasteiger partial charge >= 0.3 is 0 Å². The van der Waals surface area contributed by atoms with Gasteiger partial charge in [-0.2, -0.15) is 0 Å². The summed E-state index contributed by atoms with van der Waals surface area (Å²) in [6.45, 7) is 1.82. The van der Waals surface area contributed by atoms with Crippen LogP contribution in [-0.2, 0) is 11.2 Å². The Kier molecular flexibility index (Phi) is 4.98. The zero-order valence-electron chi connectivity index (χ0n) is 10.3. The lowest BCUT2D eigenvalue weighted by Gasteiger charge is -2.18. The highest BCUT2D eigenvalue weighted by Crippen LogP contribution is 2.20. The van der Waals surface area contributed by atoms with Crippen molar-refractivity contribution in [2.24, 2.45) is 11.8 Å². The Morgan fingerprint density at radius 1 is 1.35 bits per heavy atom. The molecule has 3 heteroatoms. The normalized spacial score (nSPS) is 21.6. The van der Waals surface area contributed by atoms with Gasteiger partial charge < -0.3 is 4.74 Å². The highest BCUT2D eigenvalue weighted by Gasteiger charge is 2.19. The van der Waals surface area contributed by atoms with Crippen molar-refractivity contribution in [1.29, 1.82) is 0 Å². The fourth-order valence-corrected chi connectivity index (χ4v) is 2.43. The van der Waals surface area contributed by atoms with Crippen molar-refractivity contribution >= 4 is 0 Å². The van der Waals surface area contributed by atoms with E-state index in [1.165, 1.54) is 12.0 Å². The number of hydrogen-bond acceptors (Lipinski definition) is 3. The molecule has 0 aliphatic carbocycles. The predicted octanol–water partition coefficient (Wildman–Crippen LogP) is 1.88. The summed E-state index contributed by atoms with van der Waals surface area (Å²) in [6, 6.07) is 11.0. The van der Waals surface area contributed by atoms with Crippen molar-refractivity contribution in [3.8, 4) is 0 Å². The van der Waals surface area contributed by atoms with Crippen LogP contribution < -0.4 is 11.3 Å². The van der Waals surface area contributed by atoms with Gasteiger partial charge in [-0.25, -0.2) is 0 Å². The second-order valence-corrected chi connectivity index (χ2v) is 4.85. The molecule has 2 unspecified atom stereocenters. The minimum Gasteiger partial charge on any atom is -0.381 e. The number of hydrogen-bond donors (Lipinski definition) is 2. The lowest BCUT2D eigenvalue weighted by molar-refractivity contribution is 0.181. The van der Waals surface area contributed by atoms with Gasteiger partial charge in [0, 0.05) is 19.3 Å². The van der Waals surface area contributed by atoms with Crippen molar-refractivity contribution in [1.82, 2.24) is 5.43 Å². The van der Waals surface area contributed by atoms with Crippen LogP contribution in [0.3, 0.4) is 0 Å². The van der Waals surface area contributed by atoms with Crippen LogP contribution >= 0.6 is 0 Å². The molecule has 3 nitrogen and oxygen atoms in total. The third kappa shape index (κ3) is 4.11. The first-order valence-electron chi connectivity index (χ1n) is 6.46. The molecule has 17 heavy (non-hydrogen) atoms. The van der Waals surface area contributed by atoms with Crippen LogP contribution in [0.1, 0.15) is 24.8 Å². The van der Waals surface area contributed by atoms with Crippen molar-refractivity contribution in [2.45, 2.75) is 31.7 Å². The number of hydrazine groups is 1. The van der Waals surface area contributed by atoms with Crippen molar-refractivity contribution in [3.63, 3.8) is 0 Å². The molecular weight excluding hydrogens is 212 g/mol. The van der Waals surface area contributed by atoms with Crippen LogP contribution in [0, 0.1) is 5.92 Å². The number of aryl methyl sites for hydroxylation is 1. The van der Waals surface area contributed by atoms with E-state index in [1.54, 1.807) is 0 Å². The molecule has 94 valence electrons. The van der Waals surface area contributed by atoms with Gasteiger partial charge in [0.2, 0.25) is 0 Å². The van der Waals surface area contributed by atoms with Gasteiger partial charge in [-0.1, -0.05) is 30.3 Å². The average molecular weight is 234 g/mol. The molecule has 1 aromatic rings. The number of rotatable bonds is 6. The Hall–Kier alpha value is -0.900. The summed E-state index contributed by atoms with van der Waals surface area (Å²) in [5.74, 6) is 6.31. The summed E-state index contributed by atoms with van der Waals surface area (Å²) in [4.78, 5) is 0. The molecular formula is C14H22N2O. The van der Waals surface area contributed by atoms with E-state index in [4.69, 9.17) is 10.6 Å². The zero-order valence-corrected chi connectivity index (χ0v) is 10.3. The zero-order chi connectivity index (χ0) is 11.9. The molecule has 3 N–H and O–H groups in total. The molecule has 1 saturated heterocycles. The first kappa shape index (κ1) is 12.6. The molecule has 2 atom stereocenters. The third-order valence-corrected chi connectivity index (χ3v) is 3.50. The van der Waals surface area contributed by atoms with E-state index in [0.29, 0.717) is 12.0 Å². The van der Waals surface area contributed by atoms with E-state index in [2.05, 4.69) is 35.8 Å². The first-order valence-corrected chi connectivity index (χ1v) is 6.46. The fraction of sp³-hybridized carbons (Fsp3) is 0.571. The van der Waals surface area contributed by atoms with E-state index >= 15 is 0 Å². The number of nitrogens with two attached hydrogens (primary N) is 1. The van der Waals surface area contributed by atoms with Gasteiger partial charge in [-0.15, -0.1) is 0 Å². The van der Waals surface area contributed by atoms with E-state index in [1.807, 2.05) is 0 Å². The smallest absolute Gasteiger partial charge is 0.0495 e. The van der Waals surface area contributed by atoms with E-state index in [0.717, 1.165) is 32.5 Å². The van der Waals surface area contributed by atoms with Gasteiger partial charge in [0.25, 0.3) is 0 Å². The summed E-state index contributed by atoms with van der Waals surface area (Å²) in [7, 11) is 0. The Morgan fingerprint density at radius 3 is 2.82 bits per heavy atom. The maximum atomic E-state index is 5.62. The van der Waals surface area contributed by atoms with Gasteiger partial charge in [0.05, 0.1) is 0 Å². The van der Waals surface area contributed by atoms with Crippen molar-refractivity contribution < 1.29 is 4.74 Å². The Labute approximate surface area is 103 Å². The summed E-state index contributed by atoms with van der Waals surface area (Å²) in [5.41, 5.74) is 4.33. The van der Waals surface area contributed by atoms with Crippen LogP contribution in [0.5, 0.6) is 0 Å². The van der Waals surface area contributed by atoms with Gasteiger partial charge in [0.1, 0.15) is 0 Å². The fourth-order valence-electron chi connectivity index (χ4n) is 2.43. The average Bonchev–Trinajstić information content (AvgIpc) is 2.88. The molecule has 0 amide bonds. The van der Waals surface area contributed by atoms with Gasteiger partial charge in [0.15, 0.2) is 0 Å². The minimum absolute atomic E-state index is 0.405. The maximum absolute atomic E-state index is 5.62. The molecule has 0 bridgehead atoms. The largest absolute Gasteiger partial charge is 0.381 e. The van der Waals surface area contributed by atoms with Crippen molar-refractivity contribution in [2.75, 3.05) is 13.2 Å². The Balaban J connectivity index is 1.75. The highest BCUT2D eigenvalue weighted by molar-refractivity contribution is 5.14. The minimum atomic E-state index is 0.405. The molecule has 1 aliphatic heterocycles. The molecule has 1 aromatic carbocycles. The van der Waals surface area contributed by atoms with Gasteiger partial charge in [-0.05, 0) is 37.2 Å². The molecule has 0 spiro atoms. The second kappa shape index (κ2) is 6.74. The van der Waals surface area contributed by atoms with Crippen LogP contribution in [0.25, 0.3) is 0 Å². The third-order valence-electron chi connectivity index (χ3n) is 3.50. The Morgan fingerprint density at radius 2 is 2.18 bits per heavy atom.